The van der Waals surface area contributed by atoms with Crippen LogP contribution in [0.3, 0.4) is 0 Å². The number of fused-ring (bicyclic) bond motifs is 1. The van der Waals surface area contributed by atoms with Gasteiger partial charge in [0.2, 0.25) is 11.2 Å². The number of hydrogen-bond acceptors (Lipinski definition) is 7. The zero-order valence-corrected chi connectivity index (χ0v) is 10.9. The molecule has 0 atom stereocenters. The molecule has 0 amide bonds. The van der Waals surface area contributed by atoms with Crippen LogP contribution in [0.1, 0.15) is 0 Å². The van der Waals surface area contributed by atoms with Crippen LogP contribution in [0.5, 0.6) is 28.7 Å². The first-order valence-corrected chi connectivity index (χ1v) is 6.12. The Bertz CT molecular complexity index is 956. The lowest BCUT2D eigenvalue weighted by molar-refractivity contribution is 0.370. The van der Waals surface area contributed by atoms with Gasteiger partial charge < -0.3 is 29.9 Å². The van der Waals surface area contributed by atoms with E-state index in [9.17, 15) is 30.3 Å². The molecule has 1 heterocycles. The van der Waals surface area contributed by atoms with E-state index in [1.165, 1.54) is 12.1 Å². The minimum atomic E-state index is -0.828. The molecule has 0 saturated carbocycles. The molecular formula is C15H10O7. The largest absolute Gasteiger partial charge is 0.504 e. The SMILES string of the molecule is O=c1c(-c2ccc(O)c(O)c2)coc2cc(O)c(O)c(O)c12. The first-order valence-electron chi connectivity index (χ1n) is 6.12. The van der Waals surface area contributed by atoms with Gasteiger partial charge in [0.1, 0.15) is 17.2 Å². The van der Waals surface area contributed by atoms with Crippen LogP contribution in [0.2, 0.25) is 0 Å². The molecule has 0 bridgehead atoms. The third kappa shape index (κ3) is 1.87. The van der Waals surface area contributed by atoms with Gasteiger partial charge >= 0.3 is 0 Å². The van der Waals surface area contributed by atoms with Crippen molar-refractivity contribution in [3.63, 3.8) is 0 Å². The van der Waals surface area contributed by atoms with Crippen molar-refractivity contribution in [1.82, 2.24) is 0 Å². The predicted molar refractivity (Wildman–Crippen MR) is 76.2 cm³/mol. The van der Waals surface area contributed by atoms with E-state index >= 15 is 0 Å². The van der Waals surface area contributed by atoms with Crippen molar-refractivity contribution in [2.24, 2.45) is 0 Å². The summed E-state index contributed by atoms with van der Waals surface area (Å²) in [6, 6.07) is 4.74. The zero-order valence-electron chi connectivity index (χ0n) is 10.9. The molecule has 0 spiro atoms. The van der Waals surface area contributed by atoms with E-state index in [-0.39, 0.29) is 27.8 Å². The second-order valence-corrected chi connectivity index (χ2v) is 4.65. The second kappa shape index (κ2) is 4.59. The third-order valence-corrected chi connectivity index (χ3v) is 3.28. The highest BCUT2D eigenvalue weighted by molar-refractivity contribution is 5.91. The summed E-state index contributed by atoms with van der Waals surface area (Å²) in [5, 5.41) is 47.2. The van der Waals surface area contributed by atoms with Crippen LogP contribution in [0.4, 0.5) is 0 Å². The molecule has 2 aromatic carbocycles. The minimum absolute atomic E-state index is 0.00295. The first kappa shape index (κ1) is 13.6. The molecule has 3 aromatic rings. The quantitative estimate of drug-likeness (QED) is 0.434. The van der Waals surface area contributed by atoms with E-state index in [0.717, 1.165) is 18.4 Å². The van der Waals surface area contributed by atoms with Gasteiger partial charge in [-0.1, -0.05) is 6.07 Å². The number of phenolic OH excluding ortho intramolecular Hbond substituents is 5. The van der Waals surface area contributed by atoms with Crippen LogP contribution in [-0.4, -0.2) is 25.5 Å². The molecular weight excluding hydrogens is 292 g/mol. The fourth-order valence-corrected chi connectivity index (χ4v) is 2.13. The summed E-state index contributed by atoms with van der Waals surface area (Å²) in [5.41, 5.74) is -0.523. The number of hydrogen-bond donors (Lipinski definition) is 5. The zero-order chi connectivity index (χ0) is 16.0. The second-order valence-electron chi connectivity index (χ2n) is 4.65. The van der Waals surface area contributed by atoms with Crippen molar-refractivity contribution in [1.29, 1.82) is 0 Å². The Balaban J connectivity index is 2.35. The molecule has 7 heteroatoms. The lowest BCUT2D eigenvalue weighted by atomic mass is 10.0. The fourth-order valence-electron chi connectivity index (χ4n) is 2.13. The molecule has 7 nitrogen and oxygen atoms in total. The van der Waals surface area contributed by atoms with Crippen molar-refractivity contribution < 1.29 is 29.9 Å². The Morgan fingerprint density at radius 2 is 1.55 bits per heavy atom. The summed E-state index contributed by atoms with van der Waals surface area (Å²) in [5.74, 6) is -3.02. The van der Waals surface area contributed by atoms with Gasteiger partial charge in [-0.2, -0.15) is 0 Å². The minimum Gasteiger partial charge on any atom is -0.504 e. The smallest absolute Gasteiger partial charge is 0.204 e. The molecule has 3 rings (SSSR count). The van der Waals surface area contributed by atoms with Crippen LogP contribution in [-0.2, 0) is 0 Å². The Kier molecular flexibility index (Phi) is 2.84. The fraction of sp³-hybridized carbons (Fsp3) is 0. The summed E-state index contributed by atoms with van der Waals surface area (Å²) in [6.07, 6.45) is 1.09. The number of phenols is 5. The highest BCUT2D eigenvalue weighted by atomic mass is 16.3. The lowest BCUT2D eigenvalue weighted by Crippen LogP contribution is -2.05. The number of rotatable bonds is 1. The molecule has 22 heavy (non-hydrogen) atoms. The standard InChI is InChI=1S/C15H10O7/c16-8-2-1-6(3-9(8)17)7-5-22-11-4-10(18)14(20)15(21)12(11)13(7)19/h1-5,16-18,20-21H. The van der Waals surface area contributed by atoms with Crippen LogP contribution >= 0.6 is 0 Å². The summed E-state index contributed by atoms with van der Waals surface area (Å²) in [7, 11) is 0. The van der Waals surface area contributed by atoms with Crippen LogP contribution in [0, 0.1) is 0 Å². The maximum absolute atomic E-state index is 12.5. The maximum atomic E-state index is 12.5. The van der Waals surface area contributed by atoms with Gasteiger partial charge in [-0.25, -0.2) is 0 Å². The van der Waals surface area contributed by atoms with Crippen molar-refractivity contribution in [3.8, 4) is 39.9 Å². The van der Waals surface area contributed by atoms with Gasteiger partial charge in [0.05, 0.1) is 5.56 Å². The van der Waals surface area contributed by atoms with Crippen molar-refractivity contribution in [2.45, 2.75) is 0 Å². The average Bonchev–Trinajstić information content (AvgIpc) is 2.48. The van der Waals surface area contributed by atoms with E-state index in [1.54, 1.807) is 0 Å². The molecule has 0 unspecified atom stereocenters. The molecule has 0 aliphatic rings. The summed E-state index contributed by atoms with van der Waals surface area (Å²) >= 11 is 0. The van der Waals surface area contributed by atoms with Crippen molar-refractivity contribution >= 4 is 11.0 Å². The summed E-state index contributed by atoms with van der Waals surface area (Å²) < 4.78 is 5.19. The highest BCUT2D eigenvalue weighted by Crippen LogP contribution is 2.40. The average molecular weight is 302 g/mol. The molecule has 112 valence electrons. The van der Waals surface area contributed by atoms with Gasteiger partial charge in [0.25, 0.3) is 0 Å². The van der Waals surface area contributed by atoms with Crippen molar-refractivity contribution in [3.05, 3.63) is 40.8 Å². The van der Waals surface area contributed by atoms with Gasteiger partial charge in [0, 0.05) is 6.07 Å². The molecule has 0 radical (unpaired) electrons. The van der Waals surface area contributed by atoms with Gasteiger partial charge in [0.15, 0.2) is 23.0 Å². The van der Waals surface area contributed by atoms with Crippen LogP contribution in [0.15, 0.2) is 39.7 Å². The molecule has 0 aliphatic heterocycles. The maximum Gasteiger partial charge on any atom is 0.204 e. The number of aromatic hydroxyl groups is 5. The monoisotopic (exact) mass is 302 g/mol. The van der Waals surface area contributed by atoms with Gasteiger partial charge in [-0.05, 0) is 17.7 Å². The Labute approximate surface area is 122 Å². The Morgan fingerprint density at radius 3 is 2.23 bits per heavy atom. The molecule has 5 N–H and O–H groups in total. The number of benzene rings is 2. The molecule has 0 saturated heterocycles. The Morgan fingerprint density at radius 1 is 0.818 bits per heavy atom. The lowest BCUT2D eigenvalue weighted by Gasteiger charge is -2.07. The Hall–Kier alpha value is -3.35. The van der Waals surface area contributed by atoms with E-state index in [4.69, 9.17) is 4.42 Å². The van der Waals surface area contributed by atoms with Gasteiger partial charge in [-0.15, -0.1) is 0 Å². The topological polar surface area (TPSA) is 131 Å². The third-order valence-electron chi connectivity index (χ3n) is 3.28. The van der Waals surface area contributed by atoms with E-state index < -0.39 is 28.4 Å². The normalized spacial score (nSPS) is 10.9. The van der Waals surface area contributed by atoms with Crippen LogP contribution < -0.4 is 5.43 Å². The van der Waals surface area contributed by atoms with Crippen molar-refractivity contribution in [2.75, 3.05) is 0 Å². The summed E-state index contributed by atoms with van der Waals surface area (Å²) in [6.45, 7) is 0. The molecule has 1 aromatic heterocycles. The molecule has 0 aliphatic carbocycles. The van der Waals surface area contributed by atoms with E-state index in [0.29, 0.717) is 0 Å². The van der Waals surface area contributed by atoms with Crippen LogP contribution in [0.25, 0.3) is 22.1 Å². The van der Waals surface area contributed by atoms with E-state index in [1.807, 2.05) is 0 Å². The van der Waals surface area contributed by atoms with Gasteiger partial charge in [-0.3, -0.25) is 4.79 Å². The predicted octanol–water partition coefficient (Wildman–Crippen LogP) is 1.99. The first-order chi connectivity index (χ1) is 10.4. The summed E-state index contributed by atoms with van der Waals surface area (Å²) in [4.78, 5) is 12.5. The molecule has 0 fully saturated rings. The highest BCUT2D eigenvalue weighted by Gasteiger charge is 2.18. The van der Waals surface area contributed by atoms with E-state index in [2.05, 4.69) is 0 Å².